The second-order valence-corrected chi connectivity index (χ2v) is 7.52. The standard InChI is InChI=1S/C18H15Cl2N3O4S/c1-26-13-5-3-12(4-6-13)23-17(18(25)27-22-23)28-9-8-16(24)21-15-7-2-11(19)10-14(15)20/h2-7,10H,8-9H2,1H3,(H-,21,22,24,25)/p+1. The van der Waals surface area contributed by atoms with Crippen molar-refractivity contribution < 1.29 is 18.7 Å². The zero-order valence-corrected chi connectivity index (χ0v) is 17.0. The number of aromatic nitrogens is 2. The number of anilines is 1. The molecule has 2 N–H and O–H groups in total. The van der Waals surface area contributed by atoms with E-state index in [-0.39, 0.29) is 12.3 Å². The Bertz CT molecular complexity index is 1030. The number of rotatable bonds is 7. The molecule has 1 amide bonds. The number of nitrogens with one attached hydrogen (secondary N) is 2. The van der Waals surface area contributed by atoms with Gasteiger partial charge in [0, 0.05) is 29.3 Å². The maximum Gasteiger partial charge on any atom is 0.442 e. The van der Waals surface area contributed by atoms with E-state index >= 15 is 0 Å². The Kier molecular flexibility index (Phi) is 6.66. The van der Waals surface area contributed by atoms with Crippen molar-refractivity contribution in [3.8, 4) is 11.4 Å². The van der Waals surface area contributed by atoms with Gasteiger partial charge in [-0.3, -0.25) is 9.32 Å². The number of nitrogens with zero attached hydrogens (tertiary/aromatic N) is 1. The molecule has 3 aromatic rings. The normalized spacial score (nSPS) is 10.7. The number of hydrogen-bond acceptors (Lipinski definition) is 5. The maximum atomic E-state index is 12.1. The van der Waals surface area contributed by atoms with Crippen molar-refractivity contribution in [2.75, 3.05) is 18.2 Å². The van der Waals surface area contributed by atoms with Crippen molar-refractivity contribution >= 4 is 46.6 Å². The van der Waals surface area contributed by atoms with Gasteiger partial charge in [0.1, 0.15) is 5.75 Å². The third-order valence-corrected chi connectivity index (χ3v) is 5.29. The number of carbonyl (C=O) groups excluding carboxylic acids is 1. The van der Waals surface area contributed by atoms with Gasteiger partial charge in [-0.15, -0.1) is 0 Å². The second-order valence-electron chi connectivity index (χ2n) is 5.59. The number of aromatic amines is 1. The number of amides is 1. The molecule has 0 aliphatic rings. The smallest absolute Gasteiger partial charge is 0.442 e. The van der Waals surface area contributed by atoms with Crippen LogP contribution in [-0.4, -0.2) is 24.0 Å². The maximum absolute atomic E-state index is 12.1. The van der Waals surface area contributed by atoms with Gasteiger partial charge in [0.15, 0.2) is 0 Å². The molecule has 28 heavy (non-hydrogen) atoms. The summed E-state index contributed by atoms with van der Waals surface area (Å²) in [4.78, 5) is 24.1. The van der Waals surface area contributed by atoms with Crippen LogP contribution in [0.4, 0.5) is 5.69 Å². The average Bonchev–Trinajstić information content (AvgIpc) is 3.05. The molecule has 0 atom stereocenters. The first kappa shape index (κ1) is 20.3. The van der Waals surface area contributed by atoms with Gasteiger partial charge in [0.2, 0.25) is 11.6 Å². The fourth-order valence-electron chi connectivity index (χ4n) is 2.33. The lowest BCUT2D eigenvalue weighted by atomic mass is 10.3. The van der Waals surface area contributed by atoms with Gasteiger partial charge in [-0.05, 0) is 52.0 Å². The summed E-state index contributed by atoms with van der Waals surface area (Å²) in [5, 5.41) is 6.45. The summed E-state index contributed by atoms with van der Waals surface area (Å²) < 4.78 is 11.5. The average molecular weight is 441 g/mol. The highest BCUT2D eigenvalue weighted by molar-refractivity contribution is 7.99. The van der Waals surface area contributed by atoms with Gasteiger partial charge in [0.25, 0.3) is 0 Å². The first-order chi connectivity index (χ1) is 13.5. The van der Waals surface area contributed by atoms with E-state index in [2.05, 4.69) is 10.6 Å². The minimum Gasteiger partial charge on any atom is -0.497 e. The Morgan fingerprint density at radius 3 is 2.68 bits per heavy atom. The monoisotopic (exact) mass is 440 g/mol. The molecule has 0 saturated heterocycles. The zero-order valence-electron chi connectivity index (χ0n) is 14.7. The van der Waals surface area contributed by atoms with Crippen LogP contribution in [0.5, 0.6) is 5.75 Å². The molecule has 10 heteroatoms. The third-order valence-electron chi connectivity index (χ3n) is 3.71. The minimum absolute atomic E-state index is 0.177. The first-order valence-electron chi connectivity index (χ1n) is 8.13. The lowest BCUT2D eigenvalue weighted by molar-refractivity contribution is -0.704. The van der Waals surface area contributed by atoms with Crippen molar-refractivity contribution in [2.24, 2.45) is 0 Å². The molecule has 146 valence electrons. The van der Waals surface area contributed by atoms with Crippen molar-refractivity contribution in [3.05, 3.63) is 62.9 Å². The summed E-state index contributed by atoms with van der Waals surface area (Å²) in [6.07, 6.45) is 0.177. The number of H-pyrrole nitrogens is 1. The van der Waals surface area contributed by atoms with Crippen LogP contribution in [0.1, 0.15) is 6.42 Å². The van der Waals surface area contributed by atoms with Crippen LogP contribution in [0.2, 0.25) is 10.0 Å². The summed E-state index contributed by atoms with van der Waals surface area (Å²) in [5.41, 5.74) is 0.670. The minimum atomic E-state index is -0.512. The number of methoxy groups -OCH3 is 1. The van der Waals surface area contributed by atoms with Gasteiger partial charge in [-0.25, -0.2) is 4.79 Å². The predicted molar refractivity (Wildman–Crippen MR) is 108 cm³/mol. The lowest BCUT2D eigenvalue weighted by Crippen LogP contribution is -2.36. The Balaban J connectivity index is 1.62. The quantitative estimate of drug-likeness (QED) is 0.432. The van der Waals surface area contributed by atoms with Gasteiger partial charge >= 0.3 is 10.7 Å². The number of carbonyl (C=O) groups is 1. The van der Waals surface area contributed by atoms with Crippen molar-refractivity contribution in [2.45, 2.75) is 11.4 Å². The van der Waals surface area contributed by atoms with Gasteiger partial charge in [-0.2, -0.15) is 0 Å². The molecule has 1 aromatic heterocycles. The van der Waals surface area contributed by atoms with Crippen LogP contribution >= 0.6 is 35.0 Å². The van der Waals surface area contributed by atoms with Crippen LogP contribution in [0.15, 0.2) is 56.8 Å². The molecule has 3 rings (SSSR count). The van der Waals surface area contributed by atoms with E-state index in [1.807, 2.05) is 0 Å². The Hall–Kier alpha value is -2.42. The zero-order chi connectivity index (χ0) is 20.1. The van der Waals surface area contributed by atoms with E-state index in [1.54, 1.807) is 49.6 Å². The van der Waals surface area contributed by atoms with Crippen LogP contribution in [0, 0.1) is 0 Å². The number of thioether (sulfide) groups is 1. The first-order valence-corrected chi connectivity index (χ1v) is 9.87. The number of hydrogen-bond donors (Lipinski definition) is 2. The molecule has 2 aromatic carbocycles. The van der Waals surface area contributed by atoms with Crippen molar-refractivity contribution in [1.29, 1.82) is 0 Å². The summed E-state index contributed by atoms with van der Waals surface area (Å²) >= 11 is 13.1. The number of benzene rings is 2. The summed E-state index contributed by atoms with van der Waals surface area (Å²) in [6.45, 7) is 0. The van der Waals surface area contributed by atoms with E-state index in [0.717, 1.165) is 0 Å². The van der Waals surface area contributed by atoms with Crippen molar-refractivity contribution in [1.82, 2.24) is 5.27 Å². The van der Waals surface area contributed by atoms with Crippen LogP contribution in [0.25, 0.3) is 5.69 Å². The summed E-state index contributed by atoms with van der Waals surface area (Å²) in [6, 6.07) is 11.9. The highest BCUT2D eigenvalue weighted by Gasteiger charge is 2.24. The number of halogens is 2. The Labute approximate surface area is 174 Å². The molecule has 0 saturated carbocycles. The van der Waals surface area contributed by atoms with Gasteiger partial charge in [-0.1, -0.05) is 23.2 Å². The topological polar surface area (TPSA) is 88.2 Å². The SMILES string of the molecule is COc1ccc(-[n+]2[nH]oc(=O)c2SCCC(=O)Nc2ccc(Cl)cc2Cl)cc1. The highest BCUT2D eigenvalue weighted by Crippen LogP contribution is 2.25. The lowest BCUT2D eigenvalue weighted by Gasteiger charge is -2.06. The summed E-state index contributed by atoms with van der Waals surface area (Å²) in [5.74, 6) is 0.838. The molecule has 0 radical (unpaired) electrons. The van der Waals surface area contributed by atoms with E-state index in [9.17, 15) is 9.59 Å². The second kappa shape index (κ2) is 9.18. The molecule has 1 heterocycles. The largest absolute Gasteiger partial charge is 0.497 e. The van der Waals surface area contributed by atoms with Crippen molar-refractivity contribution in [3.63, 3.8) is 0 Å². The molecular weight excluding hydrogens is 425 g/mol. The third kappa shape index (κ3) is 4.89. The highest BCUT2D eigenvalue weighted by atomic mass is 35.5. The molecule has 0 spiro atoms. The molecular formula is C18H16Cl2N3O4S+. The van der Waals surface area contributed by atoms with E-state index in [0.29, 0.717) is 37.9 Å². The fourth-order valence-corrected chi connectivity index (χ4v) is 3.70. The number of ether oxygens (including phenoxy) is 1. The van der Waals surface area contributed by atoms with E-state index in [4.69, 9.17) is 32.5 Å². The van der Waals surface area contributed by atoms with Crippen LogP contribution in [-0.2, 0) is 4.79 Å². The fraction of sp³-hybridized carbons (Fsp3) is 0.167. The van der Waals surface area contributed by atoms with E-state index < -0.39 is 5.63 Å². The summed E-state index contributed by atoms with van der Waals surface area (Å²) in [7, 11) is 1.57. The molecule has 0 bridgehead atoms. The molecule has 0 aliphatic heterocycles. The molecule has 7 nitrogen and oxygen atoms in total. The Morgan fingerprint density at radius 1 is 1.25 bits per heavy atom. The van der Waals surface area contributed by atoms with Crippen LogP contribution < -0.4 is 20.4 Å². The van der Waals surface area contributed by atoms with Crippen LogP contribution in [0.3, 0.4) is 0 Å². The van der Waals surface area contributed by atoms with E-state index in [1.165, 1.54) is 16.4 Å². The van der Waals surface area contributed by atoms with Gasteiger partial charge < -0.3 is 10.1 Å². The molecule has 0 fully saturated rings. The predicted octanol–water partition coefficient (Wildman–Crippen LogP) is 3.68. The Morgan fingerprint density at radius 2 is 2.00 bits per heavy atom. The molecule has 0 unspecified atom stereocenters. The van der Waals surface area contributed by atoms with Gasteiger partial charge in [0.05, 0.1) is 17.8 Å². The molecule has 0 aliphatic carbocycles.